The summed E-state index contributed by atoms with van der Waals surface area (Å²) >= 11 is 6.19. The fourth-order valence-corrected chi connectivity index (χ4v) is 4.41. The second kappa shape index (κ2) is 9.65. The number of carbonyl (C=O) groups excluding carboxylic acids is 1. The van der Waals surface area contributed by atoms with Crippen molar-refractivity contribution in [3.05, 3.63) is 82.1 Å². The van der Waals surface area contributed by atoms with Crippen molar-refractivity contribution >= 4 is 23.6 Å². The van der Waals surface area contributed by atoms with Crippen molar-refractivity contribution in [2.24, 2.45) is 5.41 Å². The molecule has 1 amide bonds. The molecule has 166 valence electrons. The van der Waals surface area contributed by atoms with E-state index in [9.17, 15) is 4.79 Å². The monoisotopic (exact) mass is 449 g/mol. The van der Waals surface area contributed by atoms with E-state index in [4.69, 9.17) is 11.6 Å². The predicted molar refractivity (Wildman–Crippen MR) is 126 cm³/mol. The van der Waals surface area contributed by atoms with Gasteiger partial charge in [-0.2, -0.15) is 4.80 Å². The number of piperidine rings is 1. The van der Waals surface area contributed by atoms with Crippen molar-refractivity contribution in [2.45, 2.75) is 39.7 Å². The Balaban J connectivity index is 1.39. The summed E-state index contributed by atoms with van der Waals surface area (Å²) in [4.78, 5) is 16.3. The molecule has 0 bridgehead atoms. The number of aryl methyl sites for hydroxylation is 1. The highest BCUT2D eigenvalue weighted by molar-refractivity contribution is 6.30. The Morgan fingerprint density at radius 2 is 1.91 bits per heavy atom. The summed E-state index contributed by atoms with van der Waals surface area (Å²) in [5, 5.41) is 12.8. The molecular weight excluding hydrogens is 422 g/mol. The molecule has 0 saturated carbocycles. The maximum absolute atomic E-state index is 12.9. The van der Waals surface area contributed by atoms with E-state index in [2.05, 4.69) is 52.7 Å². The van der Waals surface area contributed by atoms with Crippen molar-refractivity contribution in [2.75, 3.05) is 13.1 Å². The van der Waals surface area contributed by atoms with Gasteiger partial charge in [0.2, 0.25) is 5.91 Å². The number of amides is 1. The number of carbonyl (C=O) groups is 1. The molecular formula is C25H28ClN5O. The maximum atomic E-state index is 12.9. The maximum Gasteiger partial charge on any atom is 0.246 e. The van der Waals surface area contributed by atoms with Crippen LogP contribution in [0.4, 0.5) is 0 Å². The van der Waals surface area contributed by atoms with Gasteiger partial charge in [-0.25, -0.2) is 0 Å². The summed E-state index contributed by atoms with van der Waals surface area (Å²) in [5.74, 6) is 0.658. The SMILES string of the molecule is Cc1nnn(Cc2cc(Cl)ccc2/C=C/C(=O)N2CCC(C)(Cc3ccccc3)CC2)n1. The first-order valence-electron chi connectivity index (χ1n) is 10.9. The van der Waals surface area contributed by atoms with Gasteiger partial charge in [-0.1, -0.05) is 54.9 Å². The summed E-state index contributed by atoms with van der Waals surface area (Å²) < 4.78 is 0. The first-order valence-corrected chi connectivity index (χ1v) is 11.3. The zero-order chi connectivity index (χ0) is 22.6. The summed E-state index contributed by atoms with van der Waals surface area (Å²) in [6, 6.07) is 16.2. The van der Waals surface area contributed by atoms with Crippen LogP contribution in [0.1, 0.15) is 42.3 Å². The number of hydrogen-bond acceptors (Lipinski definition) is 4. The Labute approximate surface area is 193 Å². The zero-order valence-electron chi connectivity index (χ0n) is 18.5. The smallest absolute Gasteiger partial charge is 0.246 e. The van der Waals surface area contributed by atoms with Crippen LogP contribution in [0.25, 0.3) is 6.08 Å². The van der Waals surface area contributed by atoms with Gasteiger partial charge in [0.1, 0.15) is 0 Å². The van der Waals surface area contributed by atoms with Crippen LogP contribution in [0, 0.1) is 12.3 Å². The molecule has 0 aliphatic carbocycles. The molecule has 1 saturated heterocycles. The third-order valence-corrected chi connectivity index (χ3v) is 6.37. The summed E-state index contributed by atoms with van der Waals surface area (Å²) in [6.45, 7) is 6.13. The van der Waals surface area contributed by atoms with Gasteiger partial charge in [-0.05, 0) is 71.7 Å². The number of hydrogen-bond donors (Lipinski definition) is 0. The van der Waals surface area contributed by atoms with E-state index in [1.54, 1.807) is 13.0 Å². The fourth-order valence-electron chi connectivity index (χ4n) is 4.22. The van der Waals surface area contributed by atoms with Crippen molar-refractivity contribution in [3.63, 3.8) is 0 Å². The normalized spacial score (nSPS) is 15.9. The number of tetrazole rings is 1. The highest BCUT2D eigenvalue weighted by Crippen LogP contribution is 2.34. The van der Waals surface area contributed by atoms with Crippen molar-refractivity contribution in [1.82, 2.24) is 25.1 Å². The minimum absolute atomic E-state index is 0.0439. The Morgan fingerprint density at radius 1 is 1.16 bits per heavy atom. The number of nitrogens with zero attached hydrogens (tertiary/aromatic N) is 5. The lowest BCUT2D eigenvalue weighted by Gasteiger charge is -2.39. The third kappa shape index (κ3) is 5.62. The fraction of sp³-hybridized carbons (Fsp3) is 0.360. The van der Waals surface area contributed by atoms with Crippen LogP contribution in [0.15, 0.2) is 54.6 Å². The van der Waals surface area contributed by atoms with Gasteiger partial charge in [-0.15, -0.1) is 10.2 Å². The van der Waals surface area contributed by atoms with Crippen LogP contribution < -0.4 is 0 Å². The summed E-state index contributed by atoms with van der Waals surface area (Å²) in [7, 11) is 0. The topological polar surface area (TPSA) is 63.9 Å². The Morgan fingerprint density at radius 3 is 2.59 bits per heavy atom. The second-order valence-corrected chi connectivity index (χ2v) is 9.28. The van der Waals surface area contributed by atoms with Gasteiger partial charge in [-0.3, -0.25) is 4.79 Å². The molecule has 4 rings (SSSR count). The lowest BCUT2D eigenvalue weighted by Crippen LogP contribution is -2.42. The molecule has 1 aromatic heterocycles. The van der Waals surface area contributed by atoms with Gasteiger partial charge in [0.25, 0.3) is 0 Å². The Bertz CT molecular complexity index is 1100. The molecule has 3 aromatic rings. The lowest BCUT2D eigenvalue weighted by molar-refractivity contribution is -0.128. The van der Waals surface area contributed by atoms with Gasteiger partial charge < -0.3 is 4.90 Å². The standard InChI is InChI=1S/C25H28ClN5O/c1-19-27-29-31(28-19)18-22-16-23(26)10-8-21(22)9-11-24(32)30-14-12-25(2,13-15-30)17-20-6-4-3-5-7-20/h3-11,16H,12-15,17-18H2,1-2H3/b11-9+. The quantitative estimate of drug-likeness (QED) is 0.517. The van der Waals surface area contributed by atoms with E-state index in [0.717, 1.165) is 43.5 Å². The molecule has 0 N–H and O–H groups in total. The lowest BCUT2D eigenvalue weighted by atomic mass is 9.75. The van der Waals surface area contributed by atoms with Crippen LogP contribution in [0.2, 0.25) is 5.02 Å². The molecule has 1 aliphatic rings. The molecule has 0 atom stereocenters. The molecule has 0 radical (unpaired) electrons. The molecule has 1 fully saturated rings. The van der Waals surface area contributed by atoms with Crippen molar-refractivity contribution in [1.29, 1.82) is 0 Å². The highest BCUT2D eigenvalue weighted by atomic mass is 35.5. The molecule has 0 spiro atoms. The van der Waals surface area contributed by atoms with E-state index in [1.165, 1.54) is 10.4 Å². The van der Waals surface area contributed by atoms with E-state index in [1.807, 2.05) is 29.2 Å². The minimum atomic E-state index is 0.0439. The van der Waals surface area contributed by atoms with E-state index >= 15 is 0 Å². The first-order chi connectivity index (χ1) is 15.4. The molecule has 32 heavy (non-hydrogen) atoms. The molecule has 0 unspecified atom stereocenters. The van der Waals surface area contributed by atoms with Crippen LogP contribution in [-0.4, -0.2) is 44.1 Å². The van der Waals surface area contributed by atoms with Crippen LogP contribution >= 0.6 is 11.6 Å². The highest BCUT2D eigenvalue weighted by Gasteiger charge is 2.31. The second-order valence-electron chi connectivity index (χ2n) is 8.84. The zero-order valence-corrected chi connectivity index (χ0v) is 19.3. The van der Waals surface area contributed by atoms with Gasteiger partial charge >= 0.3 is 0 Å². The van der Waals surface area contributed by atoms with Crippen LogP contribution in [-0.2, 0) is 17.8 Å². The Kier molecular flexibility index (Phi) is 6.70. The van der Waals surface area contributed by atoms with Crippen molar-refractivity contribution in [3.8, 4) is 0 Å². The Hall–Kier alpha value is -2.99. The molecule has 2 aromatic carbocycles. The minimum Gasteiger partial charge on any atom is -0.339 e. The number of benzene rings is 2. The number of aromatic nitrogens is 4. The van der Waals surface area contributed by atoms with E-state index in [-0.39, 0.29) is 11.3 Å². The number of rotatable bonds is 6. The molecule has 2 heterocycles. The van der Waals surface area contributed by atoms with Gasteiger partial charge in [0.05, 0.1) is 6.54 Å². The number of halogens is 1. The molecule has 1 aliphatic heterocycles. The molecule has 7 heteroatoms. The van der Waals surface area contributed by atoms with Crippen LogP contribution in [0.3, 0.4) is 0 Å². The van der Waals surface area contributed by atoms with Gasteiger partial charge in [0, 0.05) is 24.2 Å². The summed E-state index contributed by atoms with van der Waals surface area (Å²) in [6.07, 6.45) is 6.58. The average Bonchev–Trinajstić information content (AvgIpc) is 3.18. The van der Waals surface area contributed by atoms with E-state index in [0.29, 0.717) is 17.4 Å². The number of likely N-dealkylation sites (tertiary alicyclic amines) is 1. The van der Waals surface area contributed by atoms with Crippen LogP contribution in [0.5, 0.6) is 0 Å². The average molecular weight is 450 g/mol. The first kappa shape index (κ1) is 22.2. The van der Waals surface area contributed by atoms with Crippen molar-refractivity contribution < 1.29 is 4.79 Å². The summed E-state index contributed by atoms with van der Waals surface area (Å²) in [5.41, 5.74) is 3.45. The third-order valence-electron chi connectivity index (χ3n) is 6.13. The van der Waals surface area contributed by atoms with E-state index < -0.39 is 0 Å². The van der Waals surface area contributed by atoms with Gasteiger partial charge in [0.15, 0.2) is 5.82 Å². The molecule has 6 nitrogen and oxygen atoms in total. The predicted octanol–water partition coefficient (Wildman–Crippen LogP) is 4.57. The largest absolute Gasteiger partial charge is 0.339 e.